The van der Waals surface area contributed by atoms with Crippen molar-refractivity contribution in [1.82, 2.24) is 25.0 Å². The second-order valence-electron chi connectivity index (χ2n) is 3.43. The van der Waals surface area contributed by atoms with Crippen molar-refractivity contribution in [1.29, 1.82) is 0 Å². The first-order valence-corrected chi connectivity index (χ1v) is 5.71. The Bertz CT molecular complexity index is 423. The van der Waals surface area contributed by atoms with Gasteiger partial charge < -0.3 is 5.01 Å². The van der Waals surface area contributed by atoms with Crippen molar-refractivity contribution in [3.8, 4) is 0 Å². The highest BCUT2D eigenvalue weighted by molar-refractivity contribution is 7.10. The van der Waals surface area contributed by atoms with Crippen LogP contribution >= 0.6 is 11.5 Å². The molecule has 2 aromatic rings. The fraction of sp³-hybridized carbons (Fsp3) is 0.500. The Morgan fingerprint density at radius 2 is 2.44 bits per heavy atom. The van der Waals surface area contributed by atoms with E-state index in [2.05, 4.69) is 25.0 Å². The van der Waals surface area contributed by atoms with Crippen LogP contribution in [-0.4, -0.2) is 31.5 Å². The first-order chi connectivity index (χ1) is 7.75. The molecule has 2 rings (SSSR count). The summed E-state index contributed by atoms with van der Waals surface area (Å²) in [6, 6.07) is 1.97. The molecular weight excluding hydrogens is 226 g/mol. The Hall–Kier alpha value is -1.54. The molecule has 0 bridgehead atoms. The van der Waals surface area contributed by atoms with Gasteiger partial charge in [-0.25, -0.2) is 5.84 Å². The van der Waals surface area contributed by atoms with Gasteiger partial charge in [0, 0.05) is 13.0 Å². The van der Waals surface area contributed by atoms with E-state index in [1.807, 2.05) is 13.0 Å². The van der Waals surface area contributed by atoms with E-state index in [9.17, 15) is 0 Å². The van der Waals surface area contributed by atoms with E-state index in [1.54, 1.807) is 5.01 Å². The monoisotopic (exact) mass is 239 g/mol. The van der Waals surface area contributed by atoms with Gasteiger partial charge in [-0.05, 0) is 30.9 Å². The first kappa shape index (κ1) is 11.0. The van der Waals surface area contributed by atoms with Crippen LogP contribution in [0, 0.1) is 6.92 Å². The largest absolute Gasteiger partial charge is 0.301 e. The molecule has 2 aromatic heterocycles. The predicted octanol–water partition coefficient (Wildman–Crippen LogP) is 0.278. The number of hydrogen-bond acceptors (Lipinski definition) is 7. The molecule has 0 saturated carbocycles. The summed E-state index contributed by atoms with van der Waals surface area (Å²) >= 11 is 1.41. The number of hydrazine groups is 1. The van der Waals surface area contributed by atoms with Gasteiger partial charge in [0.1, 0.15) is 5.00 Å². The van der Waals surface area contributed by atoms with Crippen molar-refractivity contribution >= 4 is 16.5 Å². The average Bonchev–Trinajstić information content (AvgIpc) is 2.89. The summed E-state index contributed by atoms with van der Waals surface area (Å²) in [7, 11) is 0. The summed E-state index contributed by atoms with van der Waals surface area (Å²) in [5.41, 5.74) is 0.994. The lowest BCUT2D eigenvalue weighted by Gasteiger charge is -2.14. The van der Waals surface area contributed by atoms with Crippen molar-refractivity contribution in [3.05, 3.63) is 17.6 Å². The van der Waals surface area contributed by atoms with E-state index in [0.717, 1.165) is 30.1 Å². The van der Waals surface area contributed by atoms with Crippen molar-refractivity contribution in [2.75, 3.05) is 11.6 Å². The number of tetrazole rings is 1. The van der Waals surface area contributed by atoms with Crippen molar-refractivity contribution in [2.24, 2.45) is 5.84 Å². The highest BCUT2D eigenvalue weighted by atomic mass is 32.1. The van der Waals surface area contributed by atoms with Crippen LogP contribution in [0.5, 0.6) is 0 Å². The third kappa shape index (κ3) is 2.74. The summed E-state index contributed by atoms with van der Waals surface area (Å²) in [6.07, 6.45) is 1.65. The molecule has 0 saturated heterocycles. The van der Waals surface area contributed by atoms with Gasteiger partial charge in [0.05, 0.1) is 5.69 Å². The minimum absolute atomic E-state index is 0.717. The minimum atomic E-state index is 0.717. The first-order valence-electron chi connectivity index (χ1n) is 4.93. The summed E-state index contributed by atoms with van der Waals surface area (Å²) < 4.78 is 4.18. The summed E-state index contributed by atoms with van der Waals surface area (Å²) in [4.78, 5) is 0. The number of nitrogens with two attached hydrogens (primary N) is 1. The van der Waals surface area contributed by atoms with Gasteiger partial charge in [-0.2, -0.15) is 9.59 Å². The number of hydrogen-bond donors (Lipinski definition) is 2. The van der Waals surface area contributed by atoms with Gasteiger partial charge in [-0.1, -0.05) is 5.21 Å². The second-order valence-corrected chi connectivity index (χ2v) is 4.21. The minimum Gasteiger partial charge on any atom is -0.301 e. The smallest absolute Gasteiger partial charge is 0.174 e. The third-order valence-corrected chi connectivity index (χ3v) is 3.01. The fourth-order valence-electron chi connectivity index (χ4n) is 1.29. The lowest BCUT2D eigenvalue weighted by atomic mass is 10.3. The molecule has 0 aliphatic rings. The molecule has 16 heavy (non-hydrogen) atoms. The van der Waals surface area contributed by atoms with Crippen LogP contribution in [0.4, 0.5) is 5.00 Å². The number of nitrogens with zero attached hydrogens (tertiary/aromatic N) is 5. The zero-order valence-corrected chi connectivity index (χ0v) is 9.74. The molecule has 2 heterocycles. The maximum absolute atomic E-state index is 5.89. The topological polar surface area (TPSA) is 96.6 Å². The highest BCUT2D eigenvalue weighted by Gasteiger charge is 2.06. The Morgan fingerprint density at radius 3 is 3.06 bits per heavy atom. The molecule has 0 atom stereocenters. The van der Waals surface area contributed by atoms with Gasteiger partial charge in [0.2, 0.25) is 0 Å². The maximum Gasteiger partial charge on any atom is 0.174 e. The molecule has 0 aliphatic carbocycles. The number of aromatic amines is 1. The van der Waals surface area contributed by atoms with Gasteiger partial charge in [0.15, 0.2) is 5.82 Å². The Kier molecular flexibility index (Phi) is 3.42. The van der Waals surface area contributed by atoms with E-state index in [4.69, 9.17) is 5.84 Å². The standard InChI is InChI=1S/C8H13N7S/c1-6-5-8(16-12-6)15(9)4-2-3-7-10-13-14-11-7/h5H,2-4,9H2,1H3,(H,10,11,13,14). The molecule has 0 aromatic carbocycles. The van der Waals surface area contributed by atoms with E-state index in [0.29, 0.717) is 5.82 Å². The molecule has 7 nitrogen and oxygen atoms in total. The summed E-state index contributed by atoms with van der Waals surface area (Å²) in [6.45, 7) is 2.70. The van der Waals surface area contributed by atoms with Crippen molar-refractivity contribution in [2.45, 2.75) is 19.8 Å². The molecule has 0 aliphatic heterocycles. The van der Waals surface area contributed by atoms with Gasteiger partial charge in [0.25, 0.3) is 0 Å². The van der Waals surface area contributed by atoms with Crippen LogP contribution in [0.3, 0.4) is 0 Å². The van der Waals surface area contributed by atoms with Crippen LogP contribution < -0.4 is 10.9 Å². The van der Waals surface area contributed by atoms with Gasteiger partial charge in [-0.15, -0.1) is 10.2 Å². The molecular formula is C8H13N7S. The number of rotatable bonds is 5. The van der Waals surface area contributed by atoms with E-state index < -0.39 is 0 Å². The summed E-state index contributed by atoms with van der Waals surface area (Å²) in [5.74, 6) is 6.60. The van der Waals surface area contributed by atoms with Gasteiger partial charge >= 0.3 is 0 Å². The van der Waals surface area contributed by atoms with E-state index in [-0.39, 0.29) is 0 Å². The van der Waals surface area contributed by atoms with Crippen LogP contribution in [0.2, 0.25) is 0 Å². The molecule has 86 valence electrons. The van der Waals surface area contributed by atoms with Crippen LogP contribution in [-0.2, 0) is 6.42 Å². The molecule has 8 heteroatoms. The zero-order valence-electron chi connectivity index (χ0n) is 8.92. The average molecular weight is 239 g/mol. The quantitative estimate of drug-likeness (QED) is 0.574. The molecule has 3 N–H and O–H groups in total. The third-order valence-electron chi connectivity index (χ3n) is 2.09. The number of anilines is 1. The molecule has 0 unspecified atom stereocenters. The van der Waals surface area contributed by atoms with Crippen LogP contribution in [0.25, 0.3) is 0 Å². The van der Waals surface area contributed by atoms with Crippen molar-refractivity contribution in [3.63, 3.8) is 0 Å². The van der Waals surface area contributed by atoms with Gasteiger partial charge in [-0.3, -0.25) is 0 Å². The Labute approximate surface area is 96.8 Å². The number of nitrogens with one attached hydrogen (secondary N) is 1. The zero-order chi connectivity index (χ0) is 11.4. The molecule has 0 fully saturated rings. The van der Waals surface area contributed by atoms with Crippen molar-refractivity contribution < 1.29 is 0 Å². The predicted molar refractivity (Wildman–Crippen MR) is 60.9 cm³/mol. The second kappa shape index (κ2) is 4.99. The maximum atomic E-state index is 5.89. The lowest BCUT2D eigenvalue weighted by Crippen LogP contribution is -2.31. The Morgan fingerprint density at radius 1 is 1.56 bits per heavy atom. The summed E-state index contributed by atoms with van der Waals surface area (Å²) in [5, 5.41) is 16.3. The van der Waals surface area contributed by atoms with E-state index >= 15 is 0 Å². The highest BCUT2D eigenvalue weighted by Crippen LogP contribution is 2.18. The Balaban J connectivity index is 1.78. The molecule has 0 radical (unpaired) electrons. The number of aromatic nitrogens is 5. The SMILES string of the molecule is Cc1cc(N(N)CCCc2nn[nH]n2)sn1. The number of aryl methyl sites for hydroxylation is 2. The molecule has 0 amide bonds. The van der Waals surface area contributed by atoms with Crippen LogP contribution in [0.1, 0.15) is 17.9 Å². The lowest BCUT2D eigenvalue weighted by molar-refractivity contribution is 0.732. The van der Waals surface area contributed by atoms with E-state index in [1.165, 1.54) is 11.5 Å². The number of H-pyrrole nitrogens is 1. The normalized spacial score (nSPS) is 10.6. The fourth-order valence-corrected chi connectivity index (χ4v) is 2.00. The van der Waals surface area contributed by atoms with Crippen LogP contribution in [0.15, 0.2) is 6.07 Å². The molecule has 0 spiro atoms.